The molecular formula is C38H38F3N7O3. The summed E-state index contributed by atoms with van der Waals surface area (Å²) in [7, 11) is 0. The highest BCUT2D eigenvalue weighted by Gasteiger charge is 2.54. The first-order chi connectivity index (χ1) is 24.6. The monoisotopic (exact) mass is 697 g/mol. The molecule has 10 nitrogen and oxygen atoms in total. The number of aromatic hydroxyl groups is 1. The summed E-state index contributed by atoms with van der Waals surface area (Å²) in [6.45, 7) is 5.49. The molecule has 264 valence electrons. The van der Waals surface area contributed by atoms with Crippen molar-refractivity contribution in [2.75, 3.05) is 31.1 Å². The Morgan fingerprint density at radius 2 is 2.02 bits per heavy atom. The van der Waals surface area contributed by atoms with E-state index in [2.05, 4.69) is 24.9 Å². The topological polar surface area (TPSA) is 110 Å². The zero-order valence-electron chi connectivity index (χ0n) is 28.5. The summed E-state index contributed by atoms with van der Waals surface area (Å²) < 4.78 is 54.4. The lowest BCUT2D eigenvalue weighted by Crippen LogP contribution is -2.43. The van der Waals surface area contributed by atoms with Crippen molar-refractivity contribution in [2.45, 2.75) is 70.1 Å². The van der Waals surface area contributed by atoms with E-state index in [1.165, 1.54) is 29.1 Å². The molecule has 3 aromatic heterocycles. The minimum Gasteiger partial charge on any atom is -0.508 e. The standard InChI is InChI=1S/C38H38F3N7O3/c1-3-24-29(40)6-5-21-13-23(49)14-27(31(21)24)33-32(41)34-28(17-42-33)35(44-37(43-34)51-19-38-9-4-10-46(38)18-22(39)16-38)47-11-8-25(26-15-30(26)47)36(50)48-12-7-20(2)45-48/h5-7,12-14,17,22,25-26,30,49H,3-4,8-11,15-16,18-19H2,1-2H3/t22-,25?,26?,30?,38+/m1/s1. The minimum absolute atomic E-state index is 0.00538. The Kier molecular flexibility index (Phi) is 7.50. The number of carbonyl (C=O) groups is 1. The molecule has 51 heavy (non-hydrogen) atoms. The van der Waals surface area contributed by atoms with Crippen LogP contribution in [0, 0.1) is 30.4 Å². The van der Waals surface area contributed by atoms with Crippen molar-refractivity contribution in [3.05, 3.63) is 65.6 Å². The van der Waals surface area contributed by atoms with Crippen LogP contribution in [-0.4, -0.2) is 84.6 Å². The average Bonchev–Trinajstić information content (AvgIpc) is 3.49. The highest BCUT2D eigenvalue weighted by atomic mass is 19.1. The van der Waals surface area contributed by atoms with E-state index < -0.39 is 23.3 Å². The number of phenols is 1. The van der Waals surface area contributed by atoms with E-state index in [0.29, 0.717) is 59.9 Å². The number of aryl methyl sites for hydroxylation is 2. The van der Waals surface area contributed by atoms with Crippen molar-refractivity contribution in [1.82, 2.24) is 29.6 Å². The molecule has 4 aliphatic rings. The van der Waals surface area contributed by atoms with Crippen molar-refractivity contribution in [1.29, 1.82) is 0 Å². The number of aromatic nitrogens is 5. The first kappa shape index (κ1) is 32.1. The van der Waals surface area contributed by atoms with Gasteiger partial charge in [0.15, 0.2) is 5.82 Å². The van der Waals surface area contributed by atoms with Crippen LogP contribution in [0.4, 0.5) is 19.0 Å². The van der Waals surface area contributed by atoms with Gasteiger partial charge in [0.25, 0.3) is 0 Å². The van der Waals surface area contributed by atoms with Crippen molar-refractivity contribution < 1.29 is 27.8 Å². The number of phenolic OH excluding ortho intramolecular Hbond substituents is 1. The van der Waals surface area contributed by atoms with Crippen molar-refractivity contribution >= 4 is 33.4 Å². The first-order valence-corrected chi connectivity index (χ1v) is 17.8. The lowest BCUT2D eigenvalue weighted by molar-refractivity contribution is 0.0782. The number of hydrogen-bond donors (Lipinski definition) is 1. The SMILES string of the molecule is CCc1c(F)ccc2cc(O)cc(-c3ncc4c(N5CCC(C(=O)n6ccc(C)n6)C6CC65)nc(OC[C@@]56CCCN5C[C@H](F)C6)nc4c3F)c12. The number of carbonyl (C=O) groups excluding carboxylic acids is 1. The van der Waals surface area contributed by atoms with Crippen LogP contribution in [0.3, 0.4) is 0 Å². The van der Waals surface area contributed by atoms with E-state index >= 15 is 8.78 Å². The molecule has 1 saturated carbocycles. The quantitative estimate of drug-likeness (QED) is 0.207. The second kappa shape index (κ2) is 11.9. The normalized spacial score (nSPS) is 25.8. The van der Waals surface area contributed by atoms with Crippen molar-refractivity contribution in [3.63, 3.8) is 0 Å². The van der Waals surface area contributed by atoms with Crippen LogP contribution in [0.1, 0.15) is 55.1 Å². The van der Waals surface area contributed by atoms with Gasteiger partial charge in [-0.25, -0.2) is 17.9 Å². The maximum atomic E-state index is 17.0. The second-order valence-corrected chi connectivity index (χ2v) is 14.6. The minimum atomic E-state index is -0.940. The summed E-state index contributed by atoms with van der Waals surface area (Å²) in [6.07, 6.45) is 6.05. The van der Waals surface area contributed by atoms with Crippen LogP contribution >= 0.6 is 0 Å². The van der Waals surface area contributed by atoms with Gasteiger partial charge in [-0.3, -0.25) is 14.7 Å². The smallest absolute Gasteiger partial charge is 0.319 e. The van der Waals surface area contributed by atoms with Crippen LogP contribution < -0.4 is 9.64 Å². The third-order valence-corrected chi connectivity index (χ3v) is 11.6. The number of rotatable bonds is 7. The van der Waals surface area contributed by atoms with Crippen LogP contribution in [-0.2, 0) is 6.42 Å². The van der Waals surface area contributed by atoms with Gasteiger partial charge >= 0.3 is 6.01 Å². The molecular weight excluding hydrogens is 659 g/mol. The van der Waals surface area contributed by atoms with Gasteiger partial charge in [0.1, 0.15) is 41.4 Å². The number of benzene rings is 2. The van der Waals surface area contributed by atoms with Gasteiger partial charge in [-0.2, -0.15) is 15.1 Å². The molecule has 13 heteroatoms. The van der Waals surface area contributed by atoms with E-state index in [0.717, 1.165) is 31.5 Å². The van der Waals surface area contributed by atoms with Crippen molar-refractivity contribution in [2.24, 2.45) is 11.8 Å². The predicted molar refractivity (Wildman–Crippen MR) is 185 cm³/mol. The fourth-order valence-electron chi connectivity index (χ4n) is 9.10. The molecule has 5 atom stereocenters. The highest BCUT2D eigenvalue weighted by Crippen LogP contribution is 2.50. The van der Waals surface area contributed by atoms with Crippen LogP contribution in [0.2, 0.25) is 0 Å². The largest absolute Gasteiger partial charge is 0.508 e. The fraction of sp³-hybridized carbons (Fsp3) is 0.447. The van der Waals surface area contributed by atoms with E-state index in [1.807, 2.05) is 19.9 Å². The first-order valence-electron chi connectivity index (χ1n) is 17.8. The Morgan fingerprint density at radius 3 is 2.82 bits per heavy atom. The Bertz CT molecular complexity index is 2230. The summed E-state index contributed by atoms with van der Waals surface area (Å²) in [4.78, 5) is 31.7. The molecule has 3 aliphatic heterocycles. The average molecular weight is 698 g/mol. The molecule has 2 aromatic carbocycles. The van der Waals surface area contributed by atoms with Gasteiger partial charge in [-0.05, 0) is 92.1 Å². The molecule has 9 rings (SSSR count). The molecule has 3 saturated heterocycles. The number of fused-ring (bicyclic) bond motifs is 4. The summed E-state index contributed by atoms with van der Waals surface area (Å²) in [6, 6.07) is 7.60. The number of alkyl halides is 1. The van der Waals surface area contributed by atoms with Crippen LogP contribution in [0.25, 0.3) is 32.9 Å². The van der Waals surface area contributed by atoms with E-state index in [-0.39, 0.29) is 58.9 Å². The summed E-state index contributed by atoms with van der Waals surface area (Å²) in [5.74, 6) is -0.988. The number of piperidine rings is 1. The fourth-order valence-corrected chi connectivity index (χ4v) is 9.10. The predicted octanol–water partition coefficient (Wildman–Crippen LogP) is 6.41. The van der Waals surface area contributed by atoms with Gasteiger partial charge in [0, 0.05) is 49.4 Å². The summed E-state index contributed by atoms with van der Waals surface area (Å²) in [5.41, 5.74) is 0.840. The van der Waals surface area contributed by atoms with Gasteiger partial charge in [0.2, 0.25) is 5.91 Å². The number of nitrogens with zero attached hydrogens (tertiary/aromatic N) is 7. The van der Waals surface area contributed by atoms with Crippen molar-refractivity contribution in [3.8, 4) is 23.0 Å². The van der Waals surface area contributed by atoms with Gasteiger partial charge < -0.3 is 14.7 Å². The number of halogens is 3. The van der Waals surface area contributed by atoms with Crippen LogP contribution in [0.15, 0.2) is 42.7 Å². The highest BCUT2D eigenvalue weighted by molar-refractivity contribution is 6.02. The maximum absolute atomic E-state index is 17.0. The molecule has 0 radical (unpaired) electrons. The number of pyridine rings is 1. The van der Waals surface area contributed by atoms with Gasteiger partial charge in [-0.1, -0.05) is 13.0 Å². The van der Waals surface area contributed by atoms with E-state index in [1.54, 1.807) is 12.3 Å². The van der Waals surface area contributed by atoms with E-state index in [9.17, 15) is 14.3 Å². The zero-order valence-corrected chi connectivity index (χ0v) is 28.5. The number of hydrogen-bond acceptors (Lipinski definition) is 9. The van der Waals surface area contributed by atoms with Gasteiger partial charge in [-0.15, -0.1) is 0 Å². The molecule has 1 aliphatic carbocycles. The third-order valence-electron chi connectivity index (χ3n) is 11.6. The summed E-state index contributed by atoms with van der Waals surface area (Å²) >= 11 is 0. The van der Waals surface area contributed by atoms with Gasteiger partial charge in [0.05, 0.1) is 16.6 Å². The zero-order chi connectivity index (χ0) is 35.2. The van der Waals surface area contributed by atoms with Crippen LogP contribution in [0.5, 0.6) is 11.8 Å². The molecule has 4 fully saturated rings. The Labute approximate surface area is 292 Å². The Hall–Kier alpha value is -4.78. The molecule has 0 amide bonds. The number of ether oxygens (including phenoxy) is 1. The Morgan fingerprint density at radius 1 is 1.16 bits per heavy atom. The number of anilines is 1. The molecule has 0 spiro atoms. The summed E-state index contributed by atoms with van der Waals surface area (Å²) in [5, 5.41) is 16.4. The second-order valence-electron chi connectivity index (χ2n) is 14.6. The molecule has 5 aromatic rings. The lowest BCUT2D eigenvalue weighted by Gasteiger charge is -2.33. The molecule has 0 bridgehead atoms. The Balaban J connectivity index is 1.14. The molecule has 6 heterocycles. The third kappa shape index (κ3) is 5.22. The maximum Gasteiger partial charge on any atom is 0.319 e. The van der Waals surface area contributed by atoms with E-state index in [4.69, 9.17) is 9.72 Å². The lowest BCUT2D eigenvalue weighted by atomic mass is 9.94. The molecule has 1 N–H and O–H groups in total. The molecule has 3 unspecified atom stereocenters.